The Labute approximate surface area is 591 Å². The molecule has 1 radical (unpaired) electrons. The van der Waals surface area contributed by atoms with E-state index in [1.54, 1.807) is 61.4 Å². The molecule has 0 saturated heterocycles. The third-order valence-electron chi connectivity index (χ3n) is 14.6. The van der Waals surface area contributed by atoms with Gasteiger partial charge in [0.2, 0.25) is 11.9 Å². The maximum absolute atomic E-state index is 14.3. The minimum absolute atomic E-state index is 0. The molecule has 14 nitrogen and oxygen atoms in total. The van der Waals surface area contributed by atoms with Crippen molar-refractivity contribution in [3.63, 3.8) is 0 Å². The minimum atomic E-state index is -1.78. The Kier molecular flexibility index (Phi) is 25.8. The first-order valence-corrected chi connectivity index (χ1v) is 31.3. The monoisotopic (exact) mass is 1470 g/mol. The van der Waals surface area contributed by atoms with Gasteiger partial charge < -0.3 is 21.5 Å². The molecule has 6 N–H and O–H groups in total. The summed E-state index contributed by atoms with van der Waals surface area (Å²) in [6, 6.07) is 67.0. The van der Waals surface area contributed by atoms with Crippen LogP contribution in [0.4, 0.5) is 8.78 Å². The number of nitriles is 1. The van der Waals surface area contributed by atoms with Crippen LogP contribution >= 0.6 is 31.9 Å². The molecule has 13 rings (SSSR count). The fourth-order valence-electron chi connectivity index (χ4n) is 10.2. The number of rotatable bonds is 9. The van der Waals surface area contributed by atoms with Crippen LogP contribution in [0, 0.1) is 30.2 Å². The average molecular weight is 1470 g/mol. The second-order valence-corrected chi connectivity index (χ2v) is 25.4. The van der Waals surface area contributed by atoms with E-state index in [4.69, 9.17) is 31.5 Å². The van der Waals surface area contributed by atoms with Crippen LogP contribution in [0.1, 0.15) is 95.0 Å². The molecule has 0 amide bonds. The average Bonchev–Trinajstić information content (AvgIpc) is 1.55. The van der Waals surface area contributed by atoms with Crippen LogP contribution in [0.5, 0.6) is 0 Å². The summed E-state index contributed by atoms with van der Waals surface area (Å²) >= 11 is 7.02. The van der Waals surface area contributed by atoms with Gasteiger partial charge in [0.1, 0.15) is 33.7 Å². The number of hydrogen-bond donors (Lipinski definition) is 4. The number of nitrogens with zero attached hydrogens (tertiary/aromatic N) is 9. The van der Waals surface area contributed by atoms with Crippen molar-refractivity contribution in [2.45, 2.75) is 50.9 Å². The Balaban J connectivity index is 0.000000176. The van der Waals surface area contributed by atoms with Crippen molar-refractivity contribution in [2.24, 2.45) is 25.8 Å². The summed E-state index contributed by atoms with van der Waals surface area (Å²) in [5, 5.41) is 26.3. The third-order valence-corrected chi connectivity index (χ3v) is 16.9. The number of hydrogen-bond acceptors (Lipinski definition) is 13. The summed E-state index contributed by atoms with van der Waals surface area (Å²) in [6.45, 7) is 7.67. The molecule has 0 fully saturated rings. The van der Waals surface area contributed by atoms with Crippen LogP contribution in [0.15, 0.2) is 279 Å². The van der Waals surface area contributed by atoms with E-state index < -0.39 is 45.8 Å². The summed E-state index contributed by atoms with van der Waals surface area (Å²) in [6.07, 6.45) is 13.3. The van der Waals surface area contributed by atoms with E-state index in [1.807, 2.05) is 179 Å². The zero-order valence-electron chi connectivity index (χ0n) is 50.8. The summed E-state index contributed by atoms with van der Waals surface area (Å²) in [4.78, 5) is 29.0. The Morgan fingerprint density at radius 3 is 1.51 bits per heavy atom. The quantitative estimate of drug-likeness (QED) is 0.0602. The maximum Gasteiger partial charge on any atom is 0.493 e. The van der Waals surface area contributed by atoms with Crippen molar-refractivity contribution in [1.82, 2.24) is 24.9 Å². The van der Waals surface area contributed by atoms with Gasteiger partial charge in [-0.1, -0.05) is 155 Å². The van der Waals surface area contributed by atoms with Gasteiger partial charge in [0.15, 0.2) is 0 Å². The van der Waals surface area contributed by atoms with Crippen molar-refractivity contribution in [2.75, 3.05) is 0 Å². The molecule has 11 aromatic rings. The van der Waals surface area contributed by atoms with E-state index in [-0.39, 0.29) is 45.6 Å². The zero-order chi connectivity index (χ0) is 65.4. The first-order valence-electron chi connectivity index (χ1n) is 28.6. The minimum Gasteiger partial charge on any atom is -0.423 e. The fourth-order valence-corrected chi connectivity index (χ4v) is 11.6. The number of aryl methyl sites for hydroxylation is 1. The predicted molar refractivity (Wildman–Crippen MR) is 375 cm³/mol. The van der Waals surface area contributed by atoms with Gasteiger partial charge in [0, 0.05) is 125 Å². The van der Waals surface area contributed by atoms with Crippen LogP contribution in [0.3, 0.4) is 0 Å². The largest absolute Gasteiger partial charge is 0.493 e. The van der Waals surface area contributed by atoms with E-state index >= 15 is 0 Å². The standard InChI is InChI=1S/C24H17FN4.C19H14BrN3.C18H17BrN2OS.C6H7N.C5H5BFNO2.CH4.Y/c25-22-19(8-4-12-28-22)16-5-3-6-18(15-16)24(17-10-13-27-14-11-17)21-9-2-1-7-20(21)23(26)29-24;20-15-5-3-4-14(12-15)19(13-8-10-22-11-9-13)17-7-2-1-6-16(17)18(21)23-19;1-18(2,3)23(22)21-17(13-8-6-9-15(19)11-13)16-10-5-4-7-14(16)12-20;1-6-2-4-7-5-3-6;7-5-4(6(9)10)2-1-3-8-5;;/h1-15H,(H2,26,29);1-12H,(H2,21,23);4-11H,1-3H3;2-5H,1H3;1-3,9-10H;1H4;. The van der Waals surface area contributed by atoms with Crippen LogP contribution in [-0.2, 0) is 54.8 Å². The molecule has 0 saturated carbocycles. The number of amidine groups is 2. The SMILES string of the molecule is C.CC(C)(C)S(=O)N=C(c1cccc(Br)c1)c1ccccc1C#N.Cc1ccncc1.NC1=NC(c2ccncc2)(c2cccc(-c3cccnc3F)c2)c2ccccc21.NC1=NC(c2ccncc2)(c2cccc(Br)c2)c2ccccc21.OB(O)c1cccnc1F.[Y]. The molecule has 0 spiro atoms. The zero-order valence-corrected chi connectivity index (χ0v) is 57.6. The number of fused-ring (bicyclic) bond motifs is 2. The van der Waals surface area contributed by atoms with Crippen molar-refractivity contribution in [1.29, 1.82) is 5.26 Å². The molecule has 6 aromatic carbocycles. The third kappa shape index (κ3) is 16.9. The molecule has 21 heteroatoms. The topological polar surface area (TPSA) is 235 Å². The van der Waals surface area contributed by atoms with E-state index in [9.17, 15) is 18.3 Å². The summed E-state index contributed by atoms with van der Waals surface area (Å²) in [5.74, 6) is -0.303. The Morgan fingerprint density at radius 1 is 0.564 bits per heavy atom. The van der Waals surface area contributed by atoms with E-state index in [0.29, 0.717) is 34.1 Å². The molecule has 94 heavy (non-hydrogen) atoms. The maximum atomic E-state index is 14.3. The molecular formula is C73H64BBr2F2N11O3SY. The van der Waals surface area contributed by atoms with Gasteiger partial charge in [-0.3, -0.25) is 15.0 Å². The van der Waals surface area contributed by atoms with Crippen LogP contribution in [-0.4, -0.2) is 68.4 Å². The molecule has 7 heterocycles. The number of halogens is 4. The van der Waals surface area contributed by atoms with Gasteiger partial charge in [0.25, 0.3) is 0 Å². The number of nitrogens with two attached hydrogens (primary N) is 2. The fraction of sp³-hybridized carbons (Fsp3) is 0.110. The molecule has 469 valence electrons. The Morgan fingerprint density at radius 2 is 1.03 bits per heavy atom. The number of aliphatic imine (C=N–C) groups is 2. The smallest absolute Gasteiger partial charge is 0.423 e. The van der Waals surface area contributed by atoms with Crippen molar-refractivity contribution < 1.29 is 55.7 Å². The Bertz CT molecular complexity index is 4550. The van der Waals surface area contributed by atoms with E-state index in [1.165, 1.54) is 30.1 Å². The second-order valence-electron chi connectivity index (χ2n) is 21.7. The number of pyridine rings is 5. The van der Waals surface area contributed by atoms with Gasteiger partial charge in [-0.2, -0.15) is 18.4 Å². The molecule has 3 atom stereocenters. The molecule has 0 aliphatic carbocycles. The normalized spacial score (nSPS) is 15.1. The summed E-state index contributed by atoms with van der Waals surface area (Å²) in [7, 11) is -3.21. The van der Waals surface area contributed by atoms with Gasteiger partial charge in [-0.25, -0.2) is 24.2 Å². The number of aromatic nitrogens is 5. The van der Waals surface area contributed by atoms with Gasteiger partial charge in [-0.05, 0) is 163 Å². The van der Waals surface area contributed by atoms with Crippen LogP contribution in [0.25, 0.3) is 11.1 Å². The van der Waals surface area contributed by atoms with Crippen LogP contribution < -0.4 is 16.9 Å². The van der Waals surface area contributed by atoms with E-state index in [2.05, 4.69) is 85.4 Å². The van der Waals surface area contributed by atoms with Crippen molar-refractivity contribution in [3.05, 3.63) is 343 Å². The van der Waals surface area contributed by atoms with Crippen LogP contribution in [0.2, 0.25) is 0 Å². The van der Waals surface area contributed by atoms with Gasteiger partial charge >= 0.3 is 7.12 Å². The molecule has 2 aliphatic heterocycles. The van der Waals surface area contributed by atoms with Crippen molar-refractivity contribution >= 4 is 72.8 Å². The second kappa shape index (κ2) is 33.4. The number of benzene rings is 6. The van der Waals surface area contributed by atoms with Crippen molar-refractivity contribution in [3.8, 4) is 17.2 Å². The van der Waals surface area contributed by atoms with E-state index in [0.717, 1.165) is 64.6 Å². The molecule has 0 bridgehead atoms. The Hall–Kier alpha value is -8.77. The molecular weight excluding hydrogens is 1410 g/mol. The molecule has 2 aliphatic rings. The first kappa shape index (κ1) is 72.7. The summed E-state index contributed by atoms with van der Waals surface area (Å²) < 4.78 is 45.2. The molecule has 5 aromatic heterocycles. The van der Waals surface area contributed by atoms with Gasteiger partial charge in [0.05, 0.1) is 22.1 Å². The predicted octanol–water partition coefficient (Wildman–Crippen LogP) is 13.7. The molecule has 3 unspecified atom stereocenters. The van der Waals surface area contributed by atoms with Gasteiger partial charge in [-0.15, -0.1) is 0 Å². The first-order chi connectivity index (χ1) is 44.3. The summed E-state index contributed by atoms with van der Waals surface area (Å²) in [5.41, 5.74) is 23.9.